The Morgan fingerprint density at radius 2 is 1.95 bits per heavy atom. The highest BCUT2D eigenvalue weighted by molar-refractivity contribution is 7.99. The number of anilines is 1. The van der Waals surface area contributed by atoms with Gasteiger partial charge in [-0.1, -0.05) is 41.1 Å². The lowest BCUT2D eigenvalue weighted by atomic mass is 10.1. The van der Waals surface area contributed by atoms with E-state index in [1.54, 1.807) is 18.4 Å². The normalized spacial score (nSPS) is 11.6. The fraction of sp³-hybridized carbons (Fsp3) is 0.154. The molecular weight excluding hydrogens is 571 g/mol. The van der Waals surface area contributed by atoms with Gasteiger partial charge in [0.05, 0.1) is 17.6 Å². The van der Waals surface area contributed by atoms with Crippen LogP contribution in [0.4, 0.5) is 18.3 Å². The fourth-order valence-electron chi connectivity index (χ4n) is 3.66. The molecule has 0 radical (unpaired) electrons. The van der Waals surface area contributed by atoms with Gasteiger partial charge in [-0.25, -0.2) is 4.98 Å². The van der Waals surface area contributed by atoms with Crippen LogP contribution < -0.4 is 5.32 Å². The summed E-state index contributed by atoms with van der Waals surface area (Å²) in [5, 5.41) is 12.3. The van der Waals surface area contributed by atoms with Crippen LogP contribution in [-0.4, -0.2) is 31.4 Å². The summed E-state index contributed by atoms with van der Waals surface area (Å²) in [6.45, 7) is 1.99. The summed E-state index contributed by atoms with van der Waals surface area (Å²) in [5.74, 6) is 0.743. The van der Waals surface area contributed by atoms with E-state index >= 15 is 0 Å². The number of carbonyl (C=O) groups excluding carboxylic acids is 1. The lowest BCUT2D eigenvalue weighted by molar-refractivity contribution is -0.137. The van der Waals surface area contributed by atoms with Gasteiger partial charge in [0.25, 0.3) is 0 Å². The number of hydrogen-bond acceptors (Lipinski definition) is 7. The number of furan rings is 1. The molecule has 5 aromatic rings. The SMILES string of the molecule is Cc1ccc(-n2c(SCC(=O)Nc3ncc(Cc4cc(C(F)(F)F)ccc4Cl)s3)nnc2-c2ccco2)cc1. The van der Waals surface area contributed by atoms with Crippen molar-refractivity contribution in [3.63, 3.8) is 0 Å². The third-order valence-electron chi connectivity index (χ3n) is 5.54. The van der Waals surface area contributed by atoms with Crippen molar-refractivity contribution in [1.29, 1.82) is 0 Å². The molecule has 3 aromatic heterocycles. The molecule has 0 aliphatic carbocycles. The molecule has 200 valence electrons. The molecule has 0 saturated carbocycles. The van der Waals surface area contributed by atoms with E-state index in [-0.39, 0.29) is 23.1 Å². The summed E-state index contributed by atoms with van der Waals surface area (Å²) in [7, 11) is 0. The molecule has 0 bridgehead atoms. The van der Waals surface area contributed by atoms with Crippen LogP contribution in [0.25, 0.3) is 17.3 Å². The number of rotatable bonds is 8. The monoisotopic (exact) mass is 589 g/mol. The Morgan fingerprint density at radius 3 is 2.67 bits per heavy atom. The zero-order valence-electron chi connectivity index (χ0n) is 20.2. The molecule has 0 saturated heterocycles. The van der Waals surface area contributed by atoms with E-state index < -0.39 is 11.7 Å². The van der Waals surface area contributed by atoms with Crippen LogP contribution in [0.15, 0.2) is 76.6 Å². The van der Waals surface area contributed by atoms with E-state index in [1.165, 1.54) is 35.4 Å². The summed E-state index contributed by atoms with van der Waals surface area (Å²) in [4.78, 5) is 17.5. The zero-order valence-corrected chi connectivity index (χ0v) is 22.6. The molecular formula is C26H19ClF3N5O2S2. The second-order valence-corrected chi connectivity index (χ2v) is 10.9. The fourth-order valence-corrected chi connectivity index (χ4v) is 5.45. The van der Waals surface area contributed by atoms with Gasteiger partial charge < -0.3 is 9.73 Å². The number of amides is 1. The minimum atomic E-state index is -4.47. The number of nitrogens with zero attached hydrogens (tertiary/aromatic N) is 4. The third kappa shape index (κ3) is 6.35. The number of aromatic nitrogens is 4. The van der Waals surface area contributed by atoms with Crippen LogP contribution in [0.3, 0.4) is 0 Å². The first kappa shape index (κ1) is 27.0. The molecule has 5 rings (SSSR count). The lowest BCUT2D eigenvalue weighted by Gasteiger charge is -2.10. The zero-order chi connectivity index (χ0) is 27.6. The Labute approximate surface area is 234 Å². The molecule has 0 atom stereocenters. The van der Waals surface area contributed by atoms with Crippen molar-refractivity contribution in [3.05, 3.63) is 93.6 Å². The van der Waals surface area contributed by atoms with E-state index in [9.17, 15) is 18.0 Å². The number of carbonyl (C=O) groups is 1. The number of alkyl halides is 3. The number of hydrogen-bond donors (Lipinski definition) is 1. The maximum absolute atomic E-state index is 13.1. The van der Waals surface area contributed by atoms with Crippen LogP contribution in [-0.2, 0) is 17.4 Å². The minimum Gasteiger partial charge on any atom is -0.461 e. The van der Waals surface area contributed by atoms with Crippen molar-refractivity contribution in [2.24, 2.45) is 0 Å². The number of aryl methyl sites for hydroxylation is 1. The Kier molecular flexibility index (Phi) is 7.78. The van der Waals surface area contributed by atoms with E-state index in [2.05, 4.69) is 20.5 Å². The van der Waals surface area contributed by atoms with Gasteiger partial charge in [-0.05, 0) is 55.0 Å². The Hall–Kier alpha value is -3.61. The third-order valence-corrected chi connectivity index (χ3v) is 7.75. The van der Waals surface area contributed by atoms with Crippen molar-refractivity contribution in [2.75, 3.05) is 11.1 Å². The van der Waals surface area contributed by atoms with Gasteiger partial charge in [0.15, 0.2) is 16.0 Å². The molecule has 0 unspecified atom stereocenters. The molecule has 0 spiro atoms. The van der Waals surface area contributed by atoms with Crippen LogP contribution in [0.1, 0.15) is 21.6 Å². The van der Waals surface area contributed by atoms with E-state index in [0.717, 1.165) is 23.4 Å². The van der Waals surface area contributed by atoms with Gasteiger partial charge in [0.2, 0.25) is 11.7 Å². The van der Waals surface area contributed by atoms with Crippen molar-refractivity contribution >= 4 is 45.7 Å². The Morgan fingerprint density at radius 1 is 1.15 bits per heavy atom. The summed E-state index contributed by atoms with van der Waals surface area (Å²) in [5.41, 5.74) is 1.47. The molecule has 1 N–H and O–H groups in total. The highest BCUT2D eigenvalue weighted by Crippen LogP contribution is 2.34. The number of thioether (sulfide) groups is 1. The standard InChI is InChI=1S/C26H19ClF3N5O2S2/c1-15-4-7-18(8-5-15)35-23(21-3-2-10-37-21)33-34-25(35)38-14-22(36)32-24-31-13-19(39-24)12-16-11-17(26(28,29)30)6-9-20(16)27/h2-11,13H,12,14H2,1H3,(H,31,32,36). The predicted molar refractivity (Wildman–Crippen MR) is 145 cm³/mol. The predicted octanol–water partition coefficient (Wildman–Crippen LogP) is 7.29. The summed E-state index contributed by atoms with van der Waals surface area (Å²) in [6.07, 6.45) is -1.26. The molecule has 3 heterocycles. The molecule has 0 fully saturated rings. The van der Waals surface area contributed by atoms with Crippen molar-refractivity contribution in [1.82, 2.24) is 19.7 Å². The smallest absolute Gasteiger partial charge is 0.416 e. The molecule has 2 aromatic carbocycles. The Balaban J connectivity index is 1.26. The van der Waals surface area contributed by atoms with Crippen LogP contribution in [0.2, 0.25) is 5.02 Å². The van der Waals surface area contributed by atoms with E-state index in [4.69, 9.17) is 16.0 Å². The summed E-state index contributed by atoms with van der Waals surface area (Å²) >= 11 is 8.47. The maximum atomic E-state index is 13.1. The number of halogens is 4. The second-order valence-electron chi connectivity index (χ2n) is 8.40. The topological polar surface area (TPSA) is 85.8 Å². The van der Waals surface area contributed by atoms with Gasteiger partial charge in [-0.3, -0.25) is 9.36 Å². The van der Waals surface area contributed by atoms with Crippen molar-refractivity contribution < 1.29 is 22.4 Å². The van der Waals surface area contributed by atoms with Crippen LogP contribution in [0, 0.1) is 6.92 Å². The molecule has 39 heavy (non-hydrogen) atoms. The number of thiazole rings is 1. The first-order valence-corrected chi connectivity index (χ1v) is 13.6. The Bertz CT molecular complexity index is 1600. The molecule has 1 amide bonds. The van der Waals surface area contributed by atoms with Gasteiger partial charge in [-0.2, -0.15) is 13.2 Å². The number of nitrogens with one attached hydrogen (secondary N) is 1. The highest BCUT2D eigenvalue weighted by Gasteiger charge is 2.31. The quantitative estimate of drug-likeness (QED) is 0.191. The number of benzene rings is 2. The average molecular weight is 590 g/mol. The first-order valence-electron chi connectivity index (χ1n) is 11.5. The summed E-state index contributed by atoms with van der Waals surface area (Å²) < 4.78 is 46.6. The average Bonchev–Trinajstić information content (AvgIpc) is 3.65. The molecule has 0 aliphatic rings. The van der Waals surface area contributed by atoms with E-state index in [0.29, 0.717) is 32.3 Å². The van der Waals surface area contributed by atoms with Crippen LogP contribution >= 0.6 is 34.7 Å². The molecule has 13 heteroatoms. The minimum absolute atomic E-state index is 0.0243. The van der Waals surface area contributed by atoms with Gasteiger partial charge in [0, 0.05) is 28.2 Å². The maximum Gasteiger partial charge on any atom is 0.416 e. The lowest BCUT2D eigenvalue weighted by Crippen LogP contribution is -2.14. The largest absolute Gasteiger partial charge is 0.461 e. The van der Waals surface area contributed by atoms with Crippen molar-refractivity contribution in [2.45, 2.75) is 24.7 Å². The van der Waals surface area contributed by atoms with Crippen molar-refractivity contribution in [3.8, 4) is 17.3 Å². The summed E-state index contributed by atoms with van der Waals surface area (Å²) in [6, 6.07) is 14.5. The second kappa shape index (κ2) is 11.2. The highest BCUT2D eigenvalue weighted by atomic mass is 35.5. The van der Waals surface area contributed by atoms with Crippen LogP contribution in [0.5, 0.6) is 0 Å². The van der Waals surface area contributed by atoms with Gasteiger partial charge >= 0.3 is 6.18 Å². The first-order chi connectivity index (χ1) is 18.7. The van der Waals surface area contributed by atoms with E-state index in [1.807, 2.05) is 35.8 Å². The van der Waals surface area contributed by atoms with Gasteiger partial charge in [-0.15, -0.1) is 21.5 Å². The molecule has 7 nitrogen and oxygen atoms in total. The van der Waals surface area contributed by atoms with Gasteiger partial charge in [0.1, 0.15) is 0 Å². The molecule has 0 aliphatic heterocycles.